The molecule has 0 saturated carbocycles. The number of aldehydes is 1. The Morgan fingerprint density at radius 1 is 0.531 bits per heavy atom. The highest BCUT2D eigenvalue weighted by molar-refractivity contribution is 14.1. The molecule has 0 atom stereocenters. The number of methoxy groups -OCH3 is 1. The smallest absolute Gasteiger partial charge is 0.465 e. The standard InChI is InChI=1S/C9H12IO3P.C8H7IO2.C7H4F3IO.C7H4F3I.C7H5IO.C7H7I.C6H4ClI.C6H4FI/c1-12-14(11,13-2)7-8-3-5-9(10)6-4-8;1-11-8(10)6-3-2-4-7(9)5-6;8-7(9,10)12-6-3-1-5(11)2-4-6;8-7(9,10)5-2-1-3-6(11)4-5;8-7-3-1-2-6(4-7)5-9;1-6-2-4-7(8)5-3-6;2*7-5-2-1-3-6(8)4-5/h3-6H,7H2,1-2H3;2-5H,1H3;1-4H;1-4H;1-5H;2-5H,1H3;2*1-4H. The number of benzene rings is 8. The molecule has 7 nitrogen and oxygen atoms in total. The maximum Gasteiger partial charge on any atom is 0.573 e. The Labute approximate surface area is 581 Å². The predicted octanol–water partition coefficient (Wildman–Crippen LogP) is 21.9. The van der Waals surface area contributed by atoms with E-state index >= 15 is 0 Å². The Morgan fingerprint density at radius 2 is 0.963 bits per heavy atom. The number of esters is 1. The van der Waals surface area contributed by atoms with E-state index in [1.54, 1.807) is 42.5 Å². The molecule has 0 unspecified atom stereocenters. The van der Waals surface area contributed by atoms with Gasteiger partial charge < -0.3 is 18.5 Å². The molecule has 0 aromatic heterocycles. The summed E-state index contributed by atoms with van der Waals surface area (Å²) in [4.78, 5) is 21.1. The molecule has 0 aliphatic rings. The first-order valence-corrected chi connectivity index (χ1v) is 33.1. The van der Waals surface area contributed by atoms with Crippen LogP contribution in [0, 0.1) is 41.3 Å². The number of hydrogen-bond acceptors (Lipinski definition) is 7. The van der Waals surface area contributed by atoms with E-state index in [1.807, 2.05) is 130 Å². The molecule has 0 N–H and O–H groups in total. The van der Waals surface area contributed by atoms with Gasteiger partial charge in [-0.25, -0.2) is 9.18 Å². The molecule has 0 bridgehead atoms. The normalized spacial score (nSPS) is 10.3. The van der Waals surface area contributed by atoms with Crippen LogP contribution in [0.3, 0.4) is 0 Å². The molecule has 0 spiro atoms. The van der Waals surface area contributed by atoms with Crippen molar-refractivity contribution in [1.29, 1.82) is 0 Å². The monoisotopic (exact) mass is 2060 g/mol. The molecule has 24 heteroatoms. The molecule has 0 aliphatic heterocycles. The van der Waals surface area contributed by atoms with Crippen LogP contribution in [0.1, 0.15) is 37.4 Å². The highest BCUT2D eigenvalue weighted by atomic mass is 127. The first-order valence-electron chi connectivity index (χ1n) is 22.4. The molecular weight excluding hydrogens is 2010 g/mol. The SMILES string of the molecule is COC(=O)c1cccc(I)c1.COP(=O)(Cc1ccc(I)cc1)OC.Cc1ccc(I)cc1.Clc1cccc(I)c1.FC(F)(F)Oc1ccc(I)cc1.FC(F)(F)c1cccc(I)c1.Fc1cccc(I)c1.O=Cc1cccc(I)c1. The zero-order valence-corrected chi connectivity index (χ0v) is 61.5. The molecule has 0 saturated heterocycles. The van der Waals surface area contributed by atoms with Crippen molar-refractivity contribution in [1.82, 2.24) is 0 Å². The van der Waals surface area contributed by atoms with Crippen LogP contribution in [0.4, 0.5) is 30.7 Å². The second-order valence-corrected chi connectivity index (χ2v) is 27.8. The zero-order valence-electron chi connectivity index (χ0n) is 42.6. The Hall–Kier alpha value is -1.51. The largest absolute Gasteiger partial charge is 0.573 e. The van der Waals surface area contributed by atoms with Gasteiger partial charge in [-0.15, -0.1) is 13.2 Å². The first kappa shape index (κ1) is 77.5. The number of alkyl halides is 6. The van der Waals surface area contributed by atoms with Gasteiger partial charge in [0.25, 0.3) is 0 Å². The number of hydrogen-bond donors (Lipinski definition) is 0. The van der Waals surface area contributed by atoms with E-state index in [2.05, 4.69) is 176 Å². The van der Waals surface area contributed by atoms with Gasteiger partial charge in [0.05, 0.1) is 24.4 Å². The summed E-state index contributed by atoms with van der Waals surface area (Å²) in [7, 11) is 1.26. The molecule has 0 aliphatic carbocycles. The summed E-state index contributed by atoms with van der Waals surface area (Å²) in [5.41, 5.74) is 3.02. The minimum Gasteiger partial charge on any atom is -0.465 e. The van der Waals surface area contributed by atoms with Crippen molar-refractivity contribution in [3.8, 4) is 5.75 Å². The minimum atomic E-state index is -4.60. The predicted molar refractivity (Wildman–Crippen MR) is 377 cm³/mol. The fourth-order valence-electron chi connectivity index (χ4n) is 5.08. The van der Waals surface area contributed by atoms with Crippen LogP contribution in [-0.2, 0) is 30.7 Å². The van der Waals surface area contributed by atoms with Crippen LogP contribution in [0.15, 0.2) is 194 Å². The lowest BCUT2D eigenvalue weighted by Gasteiger charge is -2.13. The van der Waals surface area contributed by atoms with Gasteiger partial charge >= 0.3 is 26.1 Å². The van der Waals surface area contributed by atoms with E-state index in [0.717, 1.165) is 52.4 Å². The number of carbonyl (C=O) groups is 2. The lowest BCUT2D eigenvalue weighted by molar-refractivity contribution is -0.274. The number of rotatable bonds is 7. The molecule has 434 valence electrons. The number of halogens is 16. The van der Waals surface area contributed by atoms with Crippen LogP contribution in [0.5, 0.6) is 5.75 Å². The third-order valence-electron chi connectivity index (χ3n) is 8.86. The second kappa shape index (κ2) is 42.4. The summed E-state index contributed by atoms with van der Waals surface area (Å²) in [5.74, 6) is -0.650. The fourth-order valence-corrected chi connectivity index (χ4v) is 10.3. The molecule has 0 heterocycles. The molecule has 81 heavy (non-hydrogen) atoms. The van der Waals surface area contributed by atoms with Crippen LogP contribution < -0.4 is 4.74 Å². The Morgan fingerprint density at radius 3 is 1.31 bits per heavy atom. The number of carbonyl (C=O) groups excluding carboxylic acids is 2. The van der Waals surface area contributed by atoms with Crippen molar-refractivity contribution in [2.45, 2.75) is 25.6 Å². The van der Waals surface area contributed by atoms with Crippen LogP contribution in [0.2, 0.25) is 5.02 Å². The topological polar surface area (TPSA) is 88.1 Å². The van der Waals surface area contributed by atoms with Crippen LogP contribution in [-0.4, -0.2) is 39.9 Å². The van der Waals surface area contributed by atoms with E-state index < -0.39 is 25.7 Å². The summed E-state index contributed by atoms with van der Waals surface area (Å²) in [6, 6.07) is 55.9. The van der Waals surface area contributed by atoms with Gasteiger partial charge in [-0.1, -0.05) is 77.8 Å². The van der Waals surface area contributed by atoms with Gasteiger partial charge in [0.1, 0.15) is 17.9 Å². The number of aryl methyl sites for hydroxylation is 1. The number of ether oxygens (including phenoxy) is 2. The Balaban J connectivity index is 0.000000466. The molecule has 8 rings (SSSR count). The molecule has 0 fully saturated rings. The highest BCUT2D eigenvalue weighted by Gasteiger charge is 2.31. The Kier molecular flexibility index (Phi) is 40.5. The van der Waals surface area contributed by atoms with Gasteiger partial charge in [0.2, 0.25) is 0 Å². The maximum atomic E-state index is 12.2. The molecule has 8 aromatic carbocycles. The van der Waals surface area contributed by atoms with Crippen molar-refractivity contribution < 1.29 is 63.4 Å². The van der Waals surface area contributed by atoms with E-state index in [9.17, 15) is 44.9 Å². The average molecular weight is 2060 g/mol. The Bertz CT molecular complexity index is 3040. The first-order chi connectivity index (χ1) is 38.0. The summed E-state index contributed by atoms with van der Waals surface area (Å²) < 4.78 is 121. The van der Waals surface area contributed by atoms with E-state index in [4.69, 9.17) is 20.6 Å². The molecule has 8 aromatic rings. The summed E-state index contributed by atoms with van der Waals surface area (Å²) in [5, 5.41) is 0.803. The second-order valence-electron chi connectivity index (χ2n) is 15.1. The summed E-state index contributed by atoms with van der Waals surface area (Å²) >= 11 is 22.6. The van der Waals surface area contributed by atoms with E-state index in [1.165, 1.54) is 64.4 Å². The lowest BCUT2D eigenvalue weighted by Crippen LogP contribution is -2.16. The summed E-state index contributed by atoms with van der Waals surface area (Å²) in [6.07, 6.45) is -7.66. The molecule has 0 amide bonds. The van der Waals surface area contributed by atoms with Crippen molar-refractivity contribution in [3.63, 3.8) is 0 Å². The van der Waals surface area contributed by atoms with Crippen LogP contribution >= 0.6 is 200 Å². The van der Waals surface area contributed by atoms with Crippen molar-refractivity contribution in [3.05, 3.63) is 261 Å². The minimum absolute atomic E-state index is 0.170. The summed E-state index contributed by atoms with van der Waals surface area (Å²) in [6.45, 7) is 2.09. The quantitative estimate of drug-likeness (QED) is 0.0516. The van der Waals surface area contributed by atoms with Crippen molar-refractivity contribution in [2.24, 2.45) is 0 Å². The van der Waals surface area contributed by atoms with Crippen molar-refractivity contribution in [2.75, 3.05) is 21.3 Å². The van der Waals surface area contributed by atoms with Gasteiger partial charge in [0.15, 0.2) is 0 Å². The van der Waals surface area contributed by atoms with Gasteiger partial charge in [0, 0.05) is 53.4 Å². The van der Waals surface area contributed by atoms with Gasteiger partial charge in [-0.3, -0.25) is 9.36 Å². The molecular formula is C57H47ClF7I8O7P. The maximum absolute atomic E-state index is 12.2. The lowest BCUT2D eigenvalue weighted by atomic mass is 10.2. The molecule has 0 radical (unpaired) electrons. The average Bonchev–Trinajstić information content (AvgIpc) is 3.41. The van der Waals surface area contributed by atoms with E-state index in [-0.39, 0.29) is 17.5 Å². The third-order valence-corrected chi connectivity index (χ3v) is 16.5. The third kappa shape index (κ3) is 39.0. The van der Waals surface area contributed by atoms with Crippen molar-refractivity contribution >= 4 is 212 Å². The zero-order chi connectivity index (χ0) is 61.2. The van der Waals surface area contributed by atoms with E-state index in [0.29, 0.717) is 15.3 Å². The fraction of sp³-hybridized carbons (Fsp3) is 0.123. The van der Waals surface area contributed by atoms with Crippen LogP contribution in [0.25, 0.3) is 0 Å². The van der Waals surface area contributed by atoms with Gasteiger partial charge in [-0.2, -0.15) is 13.2 Å². The van der Waals surface area contributed by atoms with Gasteiger partial charge in [-0.05, 0) is 327 Å². The highest BCUT2D eigenvalue weighted by Crippen LogP contribution is 2.49.